The van der Waals surface area contributed by atoms with Crippen LogP contribution in [0.4, 0.5) is 9.93 Å². The van der Waals surface area contributed by atoms with Crippen molar-refractivity contribution in [1.82, 2.24) is 15.3 Å². The van der Waals surface area contributed by atoms with Crippen molar-refractivity contribution in [2.45, 2.75) is 40.2 Å². The van der Waals surface area contributed by atoms with E-state index in [1.165, 1.54) is 11.3 Å². The highest BCUT2D eigenvalue weighted by atomic mass is 32.1. The molecule has 0 bridgehead atoms. The van der Waals surface area contributed by atoms with Crippen LogP contribution in [0, 0.1) is 13.8 Å². The predicted octanol–water partition coefficient (Wildman–Crippen LogP) is 3.66. The third kappa shape index (κ3) is 3.77. The van der Waals surface area contributed by atoms with Gasteiger partial charge in [-0.15, -0.1) is 22.7 Å². The Morgan fingerprint density at radius 2 is 2.10 bits per heavy atom. The number of carbonyl (C=O) groups is 1. The monoisotopic (exact) mass is 310 g/mol. The molecule has 7 heteroatoms. The Morgan fingerprint density at radius 3 is 2.65 bits per heavy atom. The van der Waals surface area contributed by atoms with E-state index in [0.29, 0.717) is 17.6 Å². The van der Waals surface area contributed by atoms with E-state index in [9.17, 15) is 4.79 Å². The average molecular weight is 310 g/mol. The number of amides is 2. The lowest BCUT2D eigenvalue weighted by Gasteiger charge is -2.04. The maximum absolute atomic E-state index is 11.8. The van der Waals surface area contributed by atoms with Crippen LogP contribution in [-0.4, -0.2) is 16.0 Å². The Hall–Kier alpha value is -1.47. The van der Waals surface area contributed by atoms with Crippen LogP contribution in [0.15, 0.2) is 5.38 Å². The van der Waals surface area contributed by atoms with Crippen LogP contribution in [0.25, 0.3) is 0 Å². The van der Waals surface area contributed by atoms with Gasteiger partial charge in [-0.25, -0.2) is 14.8 Å². The van der Waals surface area contributed by atoms with Crippen molar-refractivity contribution in [3.63, 3.8) is 0 Å². The number of aromatic nitrogens is 2. The third-order valence-electron chi connectivity index (χ3n) is 2.74. The van der Waals surface area contributed by atoms with Gasteiger partial charge in [0.2, 0.25) is 0 Å². The molecule has 0 fully saturated rings. The number of hydrogen-bond acceptors (Lipinski definition) is 5. The maximum atomic E-state index is 11.8. The molecule has 108 valence electrons. The minimum absolute atomic E-state index is 0.236. The molecule has 0 aliphatic rings. The summed E-state index contributed by atoms with van der Waals surface area (Å²) in [6, 6.07) is -0.236. The van der Waals surface area contributed by atoms with Gasteiger partial charge in [-0.3, -0.25) is 5.32 Å². The molecule has 2 aromatic heterocycles. The Bertz CT molecular complexity index is 603. The molecule has 0 aliphatic carbocycles. The number of hydrogen-bond donors (Lipinski definition) is 2. The van der Waals surface area contributed by atoms with E-state index in [4.69, 9.17) is 0 Å². The zero-order chi connectivity index (χ0) is 14.7. The molecule has 0 unspecified atom stereocenters. The van der Waals surface area contributed by atoms with Gasteiger partial charge in [0.05, 0.1) is 22.9 Å². The molecule has 2 aromatic rings. The zero-order valence-electron chi connectivity index (χ0n) is 12.0. The SMILES string of the molecule is Cc1nc(C)c(CNC(=O)Nc2nc(C(C)C)cs2)s1. The molecule has 0 spiro atoms. The fourth-order valence-corrected chi connectivity index (χ4v) is 3.39. The van der Waals surface area contributed by atoms with Crippen LogP contribution in [0.1, 0.15) is 41.0 Å². The highest BCUT2D eigenvalue weighted by Crippen LogP contribution is 2.21. The van der Waals surface area contributed by atoms with Gasteiger partial charge in [0.1, 0.15) is 0 Å². The quantitative estimate of drug-likeness (QED) is 0.905. The first-order valence-electron chi connectivity index (χ1n) is 6.39. The fourth-order valence-electron chi connectivity index (χ4n) is 1.65. The number of urea groups is 1. The molecule has 5 nitrogen and oxygen atoms in total. The summed E-state index contributed by atoms with van der Waals surface area (Å²) in [5, 5.41) is 9.19. The first-order valence-corrected chi connectivity index (χ1v) is 8.08. The number of rotatable bonds is 4. The van der Waals surface area contributed by atoms with E-state index in [0.717, 1.165) is 21.3 Å². The van der Waals surface area contributed by atoms with Gasteiger partial charge in [-0.05, 0) is 19.8 Å². The van der Waals surface area contributed by atoms with Crippen LogP contribution in [0.5, 0.6) is 0 Å². The van der Waals surface area contributed by atoms with Gasteiger partial charge in [0.15, 0.2) is 5.13 Å². The summed E-state index contributed by atoms with van der Waals surface area (Å²) < 4.78 is 0. The van der Waals surface area contributed by atoms with E-state index in [1.54, 1.807) is 11.3 Å². The van der Waals surface area contributed by atoms with Crippen molar-refractivity contribution >= 4 is 33.8 Å². The highest BCUT2D eigenvalue weighted by Gasteiger charge is 2.10. The second kappa shape index (κ2) is 6.32. The van der Waals surface area contributed by atoms with Gasteiger partial charge in [0, 0.05) is 10.3 Å². The van der Waals surface area contributed by atoms with Gasteiger partial charge in [-0.2, -0.15) is 0 Å². The lowest BCUT2D eigenvalue weighted by Crippen LogP contribution is -2.28. The Labute approximate surface area is 126 Å². The van der Waals surface area contributed by atoms with E-state index < -0.39 is 0 Å². The van der Waals surface area contributed by atoms with Gasteiger partial charge < -0.3 is 5.32 Å². The van der Waals surface area contributed by atoms with Crippen molar-refractivity contribution in [3.8, 4) is 0 Å². The fraction of sp³-hybridized carbons (Fsp3) is 0.462. The Kier molecular flexibility index (Phi) is 4.72. The molecule has 0 saturated heterocycles. The van der Waals surface area contributed by atoms with E-state index >= 15 is 0 Å². The summed E-state index contributed by atoms with van der Waals surface area (Å²) in [6.45, 7) is 8.56. The lowest BCUT2D eigenvalue weighted by molar-refractivity contribution is 0.252. The van der Waals surface area contributed by atoms with Gasteiger partial charge >= 0.3 is 6.03 Å². The normalized spacial score (nSPS) is 10.8. The minimum atomic E-state index is -0.236. The summed E-state index contributed by atoms with van der Waals surface area (Å²) in [7, 11) is 0. The molecule has 2 amide bonds. The van der Waals surface area contributed by atoms with Gasteiger partial charge in [0.25, 0.3) is 0 Å². The maximum Gasteiger partial charge on any atom is 0.321 e. The number of nitrogens with zero attached hydrogens (tertiary/aromatic N) is 2. The van der Waals surface area contributed by atoms with Crippen molar-refractivity contribution in [2.24, 2.45) is 0 Å². The number of aryl methyl sites for hydroxylation is 2. The van der Waals surface area contributed by atoms with Crippen LogP contribution in [0.3, 0.4) is 0 Å². The highest BCUT2D eigenvalue weighted by molar-refractivity contribution is 7.14. The third-order valence-corrected chi connectivity index (χ3v) is 4.59. The predicted molar refractivity (Wildman–Crippen MR) is 83.6 cm³/mol. The molecule has 2 rings (SSSR count). The molecular weight excluding hydrogens is 292 g/mol. The molecule has 0 aromatic carbocycles. The average Bonchev–Trinajstić information content (AvgIpc) is 2.94. The van der Waals surface area contributed by atoms with Crippen molar-refractivity contribution in [1.29, 1.82) is 0 Å². The number of thiazole rings is 2. The second-order valence-corrected chi connectivity index (χ2v) is 6.93. The molecule has 0 radical (unpaired) electrons. The number of anilines is 1. The van der Waals surface area contributed by atoms with Gasteiger partial charge in [-0.1, -0.05) is 13.8 Å². The van der Waals surface area contributed by atoms with Crippen LogP contribution in [0.2, 0.25) is 0 Å². The summed E-state index contributed by atoms with van der Waals surface area (Å²) in [5.41, 5.74) is 1.98. The topological polar surface area (TPSA) is 66.9 Å². The molecular formula is C13H18N4OS2. The largest absolute Gasteiger partial charge is 0.333 e. The standard InChI is InChI=1S/C13H18N4OS2/c1-7(2)10-6-19-13(16-10)17-12(18)14-5-11-8(3)15-9(4)20-11/h6-7H,5H2,1-4H3,(H2,14,16,17,18). The smallest absolute Gasteiger partial charge is 0.321 e. The van der Waals surface area contributed by atoms with Crippen LogP contribution < -0.4 is 10.6 Å². The van der Waals surface area contributed by atoms with Crippen molar-refractivity contribution in [2.75, 3.05) is 5.32 Å². The minimum Gasteiger partial charge on any atom is -0.333 e. The summed E-state index contributed by atoms with van der Waals surface area (Å²) in [6.07, 6.45) is 0. The van der Waals surface area contributed by atoms with E-state index in [2.05, 4.69) is 34.4 Å². The summed E-state index contributed by atoms with van der Waals surface area (Å²) >= 11 is 3.05. The molecule has 2 heterocycles. The summed E-state index contributed by atoms with van der Waals surface area (Å²) in [4.78, 5) is 21.6. The molecule has 20 heavy (non-hydrogen) atoms. The Balaban J connectivity index is 1.87. The molecule has 0 saturated carbocycles. The van der Waals surface area contributed by atoms with Crippen molar-refractivity contribution in [3.05, 3.63) is 26.7 Å². The van der Waals surface area contributed by atoms with E-state index in [-0.39, 0.29) is 6.03 Å². The molecule has 2 N–H and O–H groups in total. The first-order chi connectivity index (χ1) is 9.45. The van der Waals surface area contributed by atoms with Crippen LogP contribution >= 0.6 is 22.7 Å². The number of nitrogens with one attached hydrogen (secondary N) is 2. The van der Waals surface area contributed by atoms with Crippen LogP contribution in [-0.2, 0) is 6.54 Å². The first kappa shape index (κ1) is 14.9. The zero-order valence-corrected chi connectivity index (χ0v) is 13.6. The Morgan fingerprint density at radius 1 is 1.35 bits per heavy atom. The lowest BCUT2D eigenvalue weighted by atomic mass is 10.2. The molecule has 0 atom stereocenters. The molecule has 0 aliphatic heterocycles. The number of carbonyl (C=O) groups excluding carboxylic acids is 1. The van der Waals surface area contributed by atoms with Crippen molar-refractivity contribution < 1.29 is 4.79 Å². The second-order valence-electron chi connectivity index (χ2n) is 4.78. The van der Waals surface area contributed by atoms with E-state index in [1.807, 2.05) is 19.2 Å². The summed E-state index contributed by atoms with van der Waals surface area (Å²) in [5.74, 6) is 0.368.